The van der Waals surface area contributed by atoms with E-state index in [0.717, 1.165) is 29.5 Å². The van der Waals surface area contributed by atoms with E-state index >= 15 is 0 Å². The smallest absolute Gasteiger partial charge is 0.348 e. The van der Waals surface area contributed by atoms with Crippen molar-refractivity contribution in [2.45, 2.75) is 80.7 Å². The zero-order chi connectivity index (χ0) is 28.0. The first kappa shape index (κ1) is 30.8. The number of rotatable bonds is 7. The van der Waals surface area contributed by atoms with Crippen LogP contribution in [0.15, 0.2) is 18.2 Å². The van der Waals surface area contributed by atoms with Gasteiger partial charge in [0, 0.05) is 12.6 Å². The largest absolute Gasteiger partial charge is 0.471 e. The molecule has 2 aliphatic carbocycles. The zero-order valence-electron chi connectivity index (χ0n) is 21.0. The SMILES string of the molecule is CC(C)c1ccc2c(c1)[C@H](NS(=O)(=O)OCC(Cl)(Cl)Cl)C[C@H]1[C@](C)(CNC(=O)C(F)(F)F)CCC[C@]21C. The van der Waals surface area contributed by atoms with Gasteiger partial charge < -0.3 is 5.32 Å². The molecule has 0 aliphatic heterocycles. The summed E-state index contributed by atoms with van der Waals surface area (Å²) in [6, 6.07) is 5.23. The lowest BCUT2D eigenvalue weighted by atomic mass is 9.49. The molecule has 37 heavy (non-hydrogen) atoms. The van der Waals surface area contributed by atoms with Crippen LogP contribution in [0.1, 0.15) is 82.0 Å². The summed E-state index contributed by atoms with van der Waals surface area (Å²) in [6.07, 6.45) is -2.59. The van der Waals surface area contributed by atoms with E-state index in [-0.39, 0.29) is 18.4 Å². The number of amides is 1. The molecule has 1 aromatic carbocycles. The van der Waals surface area contributed by atoms with Crippen LogP contribution in [0.25, 0.3) is 0 Å². The minimum Gasteiger partial charge on any atom is -0.348 e. The number of carbonyl (C=O) groups excluding carboxylic acids is 1. The Labute approximate surface area is 231 Å². The minimum absolute atomic E-state index is 0.183. The molecule has 0 radical (unpaired) electrons. The van der Waals surface area contributed by atoms with Crippen LogP contribution < -0.4 is 10.0 Å². The maximum atomic E-state index is 12.9. The van der Waals surface area contributed by atoms with Gasteiger partial charge >= 0.3 is 22.4 Å². The fourth-order valence-electron chi connectivity index (χ4n) is 6.01. The normalized spacial score (nSPS) is 28.5. The van der Waals surface area contributed by atoms with Crippen molar-refractivity contribution in [1.29, 1.82) is 0 Å². The second-order valence-electron chi connectivity index (χ2n) is 10.9. The molecule has 2 aliphatic rings. The molecule has 13 heteroatoms. The molecule has 0 heterocycles. The van der Waals surface area contributed by atoms with Gasteiger partial charge in [-0.2, -0.15) is 26.3 Å². The number of alkyl halides is 6. The molecular weight excluding hydrogens is 576 g/mol. The van der Waals surface area contributed by atoms with Gasteiger partial charge in [-0.1, -0.05) is 87.1 Å². The van der Waals surface area contributed by atoms with Crippen LogP contribution in [0.2, 0.25) is 0 Å². The molecule has 210 valence electrons. The highest BCUT2D eigenvalue weighted by Gasteiger charge is 2.54. The van der Waals surface area contributed by atoms with Crippen LogP contribution >= 0.6 is 34.8 Å². The molecule has 1 fully saturated rings. The first-order chi connectivity index (χ1) is 16.8. The third-order valence-electron chi connectivity index (χ3n) is 7.83. The minimum atomic E-state index is -4.99. The molecule has 6 nitrogen and oxygen atoms in total. The van der Waals surface area contributed by atoms with Gasteiger partial charge in [0.15, 0.2) is 0 Å². The summed E-state index contributed by atoms with van der Waals surface area (Å²) in [5.74, 6) is -2.06. The van der Waals surface area contributed by atoms with Crippen LogP contribution in [-0.2, 0) is 24.7 Å². The number of carbonyl (C=O) groups is 1. The molecule has 4 atom stereocenters. The van der Waals surface area contributed by atoms with Gasteiger partial charge in [-0.15, -0.1) is 0 Å². The molecule has 0 spiro atoms. The average molecular weight is 608 g/mol. The predicted molar refractivity (Wildman–Crippen MR) is 138 cm³/mol. The van der Waals surface area contributed by atoms with E-state index in [9.17, 15) is 26.4 Å². The van der Waals surface area contributed by atoms with Crippen LogP contribution in [0.3, 0.4) is 0 Å². The number of fused-ring (bicyclic) bond motifs is 3. The first-order valence-corrected chi connectivity index (χ1v) is 14.5. The van der Waals surface area contributed by atoms with E-state index in [1.807, 2.05) is 39.0 Å². The Morgan fingerprint density at radius 3 is 2.41 bits per heavy atom. The van der Waals surface area contributed by atoms with Crippen LogP contribution in [0.5, 0.6) is 0 Å². The molecule has 0 saturated heterocycles. The lowest BCUT2D eigenvalue weighted by molar-refractivity contribution is -0.174. The maximum Gasteiger partial charge on any atom is 0.471 e. The average Bonchev–Trinajstić information content (AvgIpc) is 2.76. The summed E-state index contributed by atoms with van der Waals surface area (Å²) in [5.41, 5.74) is 1.57. The van der Waals surface area contributed by atoms with Gasteiger partial charge in [-0.05, 0) is 58.6 Å². The van der Waals surface area contributed by atoms with E-state index in [1.165, 1.54) is 0 Å². The Morgan fingerprint density at radius 2 is 1.84 bits per heavy atom. The molecular formula is C24H32Cl3F3N2O4S. The number of halogens is 6. The highest BCUT2D eigenvalue weighted by atomic mass is 35.6. The van der Waals surface area contributed by atoms with Gasteiger partial charge in [-0.3, -0.25) is 8.98 Å². The van der Waals surface area contributed by atoms with E-state index in [2.05, 4.69) is 17.0 Å². The molecule has 1 saturated carbocycles. The van der Waals surface area contributed by atoms with Crippen molar-refractivity contribution < 1.29 is 30.6 Å². The fraction of sp³-hybridized carbons (Fsp3) is 0.708. The Kier molecular flexibility index (Phi) is 8.86. The van der Waals surface area contributed by atoms with E-state index in [0.29, 0.717) is 12.8 Å². The molecule has 1 amide bonds. The number of nitrogens with one attached hydrogen (secondary N) is 2. The standard InChI is InChI=1S/C24H32Cl3F3N2O4S/c1-14(2)15-6-7-17-16(10-15)18(32-37(34,35)36-13-23(25,26)27)11-19-21(3,8-5-9-22(17,19)4)12-31-20(33)24(28,29)30/h6-7,10,14,18-19,32H,5,8-9,11-13H2,1-4H3,(H,31,33)/t18-,19+,21+,22-/m1/s1. The van der Waals surface area contributed by atoms with Crippen LogP contribution in [0, 0.1) is 11.3 Å². The first-order valence-electron chi connectivity index (χ1n) is 12.0. The summed E-state index contributed by atoms with van der Waals surface area (Å²) in [4.78, 5) is 11.6. The lowest BCUT2D eigenvalue weighted by Crippen LogP contribution is -2.56. The van der Waals surface area contributed by atoms with Gasteiger partial charge in [0.05, 0.1) is 0 Å². The second-order valence-corrected chi connectivity index (χ2v) is 14.8. The Morgan fingerprint density at radius 1 is 1.19 bits per heavy atom. The van der Waals surface area contributed by atoms with Crippen molar-refractivity contribution in [3.63, 3.8) is 0 Å². The van der Waals surface area contributed by atoms with Crippen LogP contribution in [0.4, 0.5) is 13.2 Å². The summed E-state index contributed by atoms with van der Waals surface area (Å²) in [7, 11) is -4.35. The molecule has 1 aromatic rings. The third kappa shape index (κ3) is 7.06. The van der Waals surface area contributed by atoms with Crippen molar-refractivity contribution >= 4 is 51.0 Å². The van der Waals surface area contributed by atoms with Gasteiger partial charge in [0.1, 0.15) is 6.61 Å². The van der Waals surface area contributed by atoms with Crippen molar-refractivity contribution in [2.24, 2.45) is 11.3 Å². The second kappa shape index (κ2) is 10.7. The summed E-state index contributed by atoms with van der Waals surface area (Å²) < 4.78 is 69.9. The van der Waals surface area contributed by atoms with Crippen molar-refractivity contribution in [3.8, 4) is 0 Å². The maximum absolute atomic E-state index is 12.9. The third-order valence-corrected chi connectivity index (χ3v) is 9.16. The monoisotopic (exact) mass is 606 g/mol. The highest BCUT2D eigenvalue weighted by Crippen LogP contribution is 2.59. The number of hydrogen-bond acceptors (Lipinski definition) is 4. The molecule has 2 N–H and O–H groups in total. The van der Waals surface area contributed by atoms with Crippen molar-refractivity contribution in [3.05, 3.63) is 34.9 Å². The predicted octanol–water partition coefficient (Wildman–Crippen LogP) is 6.22. The summed E-state index contributed by atoms with van der Waals surface area (Å²) in [6.45, 7) is 7.09. The Bertz CT molecular complexity index is 1130. The fourth-order valence-corrected chi connectivity index (χ4v) is 7.34. The van der Waals surface area contributed by atoms with Gasteiger partial charge in [-0.25, -0.2) is 0 Å². The lowest BCUT2D eigenvalue weighted by Gasteiger charge is -2.57. The molecule has 0 aromatic heterocycles. The van der Waals surface area contributed by atoms with Crippen molar-refractivity contribution in [1.82, 2.24) is 10.0 Å². The zero-order valence-corrected chi connectivity index (χ0v) is 24.1. The van der Waals surface area contributed by atoms with Crippen LogP contribution in [-0.4, -0.2) is 37.4 Å². The number of hydrogen-bond donors (Lipinski definition) is 2. The summed E-state index contributed by atoms with van der Waals surface area (Å²) in [5, 5.41) is 2.06. The van der Waals surface area contributed by atoms with E-state index < -0.39 is 49.7 Å². The molecule has 0 bridgehead atoms. The van der Waals surface area contributed by atoms with E-state index in [1.54, 1.807) is 0 Å². The number of benzene rings is 1. The summed E-state index contributed by atoms with van der Waals surface area (Å²) >= 11 is 17.0. The molecule has 3 rings (SSSR count). The highest BCUT2D eigenvalue weighted by molar-refractivity contribution is 7.84. The van der Waals surface area contributed by atoms with Gasteiger partial charge in [0.2, 0.25) is 3.79 Å². The Hall–Kier alpha value is -0.780. The van der Waals surface area contributed by atoms with Crippen molar-refractivity contribution in [2.75, 3.05) is 13.2 Å². The Balaban J connectivity index is 2.02. The van der Waals surface area contributed by atoms with E-state index in [4.69, 9.17) is 39.0 Å². The quantitative estimate of drug-likeness (QED) is 0.361. The topological polar surface area (TPSA) is 84.5 Å². The van der Waals surface area contributed by atoms with Gasteiger partial charge in [0.25, 0.3) is 0 Å². The molecule has 0 unspecified atom stereocenters.